The van der Waals surface area contributed by atoms with Crippen LogP contribution in [0, 0.1) is 31.0 Å². The number of nitrogens with one attached hydrogen (secondary N) is 1. The minimum Gasteiger partial charge on any atom is -0.355 e. The fourth-order valence-corrected chi connectivity index (χ4v) is 1.79. The van der Waals surface area contributed by atoms with Crippen molar-refractivity contribution in [2.75, 3.05) is 5.32 Å². The number of anilines is 2. The fourth-order valence-electron chi connectivity index (χ4n) is 1.79. The van der Waals surface area contributed by atoms with Crippen molar-refractivity contribution in [3.8, 4) is 6.07 Å². The fraction of sp³-hybridized carbons (Fsp3) is 0.133. The maximum Gasteiger partial charge on any atom is 0.123 e. The molecule has 0 saturated heterocycles. The van der Waals surface area contributed by atoms with Crippen LogP contribution in [0.3, 0.4) is 0 Å². The first kappa shape index (κ1) is 12.1. The van der Waals surface area contributed by atoms with Gasteiger partial charge in [-0.3, -0.25) is 0 Å². The maximum absolute atomic E-state index is 13.0. The highest BCUT2D eigenvalue weighted by Crippen LogP contribution is 2.22. The molecule has 1 N–H and O–H groups in total. The van der Waals surface area contributed by atoms with E-state index in [1.165, 1.54) is 12.1 Å². The molecular weight excluding hydrogens is 227 g/mol. The third kappa shape index (κ3) is 2.49. The number of hydrogen-bond donors (Lipinski definition) is 1. The van der Waals surface area contributed by atoms with Gasteiger partial charge in [0.1, 0.15) is 5.82 Å². The summed E-state index contributed by atoms with van der Waals surface area (Å²) in [4.78, 5) is 0. The predicted octanol–water partition coefficient (Wildman–Crippen LogP) is 4.06. The van der Waals surface area contributed by atoms with E-state index in [-0.39, 0.29) is 5.82 Å². The molecule has 0 aliphatic heterocycles. The van der Waals surface area contributed by atoms with Crippen molar-refractivity contribution < 1.29 is 4.39 Å². The minimum atomic E-state index is -0.242. The first-order valence-electron chi connectivity index (χ1n) is 5.64. The van der Waals surface area contributed by atoms with Crippen molar-refractivity contribution in [3.05, 3.63) is 58.9 Å². The summed E-state index contributed by atoms with van der Waals surface area (Å²) in [7, 11) is 0. The Morgan fingerprint density at radius 1 is 1.06 bits per heavy atom. The smallest absolute Gasteiger partial charge is 0.123 e. The topological polar surface area (TPSA) is 35.8 Å². The lowest BCUT2D eigenvalue weighted by Crippen LogP contribution is -1.95. The molecular formula is C15H13FN2. The van der Waals surface area contributed by atoms with Crippen LogP contribution < -0.4 is 5.32 Å². The van der Waals surface area contributed by atoms with Gasteiger partial charge in [-0.25, -0.2) is 4.39 Å². The molecule has 0 saturated carbocycles. The van der Waals surface area contributed by atoms with Crippen LogP contribution in [0.1, 0.15) is 16.7 Å². The normalized spacial score (nSPS) is 9.89. The highest BCUT2D eigenvalue weighted by Gasteiger charge is 2.02. The maximum atomic E-state index is 13.0. The molecule has 18 heavy (non-hydrogen) atoms. The van der Waals surface area contributed by atoms with Crippen LogP contribution in [0.15, 0.2) is 36.4 Å². The van der Waals surface area contributed by atoms with Gasteiger partial charge in [-0.05, 0) is 61.4 Å². The van der Waals surface area contributed by atoms with E-state index in [2.05, 4.69) is 11.4 Å². The molecule has 0 heterocycles. The van der Waals surface area contributed by atoms with Crippen molar-refractivity contribution in [1.29, 1.82) is 5.26 Å². The number of nitrogens with zero attached hydrogens (tertiary/aromatic N) is 1. The minimum absolute atomic E-state index is 0.242. The van der Waals surface area contributed by atoms with Crippen LogP contribution in [-0.2, 0) is 0 Å². The number of rotatable bonds is 2. The van der Waals surface area contributed by atoms with Gasteiger partial charge in [0.25, 0.3) is 0 Å². The van der Waals surface area contributed by atoms with Gasteiger partial charge < -0.3 is 5.32 Å². The highest BCUT2D eigenvalue weighted by molar-refractivity contribution is 5.64. The Morgan fingerprint density at radius 3 is 2.44 bits per heavy atom. The molecule has 3 heteroatoms. The zero-order valence-corrected chi connectivity index (χ0v) is 10.3. The van der Waals surface area contributed by atoms with Gasteiger partial charge in [0.15, 0.2) is 0 Å². The van der Waals surface area contributed by atoms with E-state index in [0.717, 1.165) is 22.5 Å². The first-order valence-corrected chi connectivity index (χ1v) is 5.64. The number of hydrogen-bond acceptors (Lipinski definition) is 2. The molecule has 0 fully saturated rings. The number of aryl methyl sites for hydroxylation is 2. The third-order valence-corrected chi connectivity index (χ3v) is 2.81. The third-order valence-electron chi connectivity index (χ3n) is 2.81. The van der Waals surface area contributed by atoms with Crippen molar-refractivity contribution >= 4 is 11.4 Å². The lowest BCUT2D eigenvalue weighted by molar-refractivity contribution is 0.627. The molecule has 0 radical (unpaired) electrons. The van der Waals surface area contributed by atoms with Crippen molar-refractivity contribution in [1.82, 2.24) is 0 Å². The van der Waals surface area contributed by atoms with E-state index >= 15 is 0 Å². The van der Waals surface area contributed by atoms with Crippen LogP contribution in [0.5, 0.6) is 0 Å². The van der Waals surface area contributed by atoms with Gasteiger partial charge in [-0.2, -0.15) is 5.26 Å². The lowest BCUT2D eigenvalue weighted by atomic mass is 10.1. The SMILES string of the molecule is Cc1cc(Nc2ccc(F)cc2C)ccc1C#N. The van der Waals surface area contributed by atoms with Gasteiger partial charge >= 0.3 is 0 Å². The average Bonchev–Trinajstić information content (AvgIpc) is 2.33. The van der Waals surface area contributed by atoms with E-state index < -0.39 is 0 Å². The standard InChI is InChI=1S/C15H13FN2/c1-10-8-14(5-3-12(10)9-17)18-15-6-4-13(16)7-11(15)2/h3-8,18H,1-2H3. The molecule has 0 aromatic heterocycles. The van der Waals surface area contributed by atoms with Gasteiger partial charge in [-0.15, -0.1) is 0 Å². The Kier molecular flexibility index (Phi) is 3.29. The molecule has 0 atom stereocenters. The van der Waals surface area contributed by atoms with Crippen LogP contribution in [0.2, 0.25) is 0 Å². The predicted molar refractivity (Wildman–Crippen MR) is 70.3 cm³/mol. The quantitative estimate of drug-likeness (QED) is 0.859. The van der Waals surface area contributed by atoms with Crippen molar-refractivity contribution in [3.63, 3.8) is 0 Å². The summed E-state index contributed by atoms with van der Waals surface area (Å²) in [5.41, 5.74) is 4.18. The molecule has 2 nitrogen and oxygen atoms in total. The van der Waals surface area contributed by atoms with E-state index in [1.807, 2.05) is 26.0 Å². The summed E-state index contributed by atoms with van der Waals surface area (Å²) in [6.45, 7) is 3.74. The van der Waals surface area contributed by atoms with Gasteiger partial charge in [0.2, 0.25) is 0 Å². The Labute approximate surface area is 106 Å². The average molecular weight is 240 g/mol. The Balaban J connectivity index is 2.29. The molecule has 0 aliphatic carbocycles. The van der Waals surface area contributed by atoms with E-state index in [1.54, 1.807) is 12.1 Å². The second-order valence-corrected chi connectivity index (χ2v) is 4.23. The lowest BCUT2D eigenvalue weighted by Gasteiger charge is -2.10. The summed E-state index contributed by atoms with van der Waals surface area (Å²) in [5.74, 6) is -0.242. The van der Waals surface area contributed by atoms with Crippen LogP contribution >= 0.6 is 0 Å². The van der Waals surface area contributed by atoms with E-state index in [0.29, 0.717) is 5.56 Å². The Morgan fingerprint density at radius 2 is 1.83 bits per heavy atom. The first-order chi connectivity index (χ1) is 8.60. The van der Waals surface area contributed by atoms with E-state index in [4.69, 9.17) is 5.26 Å². The van der Waals surface area contributed by atoms with Crippen LogP contribution in [-0.4, -0.2) is 0 Å². The zero-order valence-electron chi connectivity index (χ0n) is 10.3. The number of benzene rings is 2. The van der Waals surface area contributed by atoms with E-state index in [9.17, 15) is 4.39 Å². The molecule has 90 valence electrons. The summed E-state index contributed by atoms with van der Waals surface area (Å²) >= 11 is 0. The second-order valence-electron chi connectivity index (χ2n) is 4.23. The van der Waals surface area contributed by atoms with Crippen LogP contribution in [0.25, 0.3) is 0 Å². The molecule has 2 rings (SSSR count). The largest absolute Gasteiger partial charge is 0.355 e. The number of nitriles is 1. The van der Waals surface area contributed by atoms with Crippen molar-refractivity contribution in [2.24, 2.45) is 0 Å². The summed E-state index contributed by atoms with van der Waals surface area (Å²) in [6, 6.07) is 12.3. The molecule has 0 spiro atoms. The Bertz CT molecular complexity index is 627. The zero-order chi connectivity index (χ0) is 13.1. The molecule has 0 amide bonds. The van der Waals surface area contributed by atoms with Gasteiger partial charge in [0.05, 0.1) is 11.6 Å². The van der Waals surface area contributed by atoms with Gasteiger partial charge in [-0.1, -0.05) is 0 Å². The van der Waals surface area contributed by atoms with Crippen molar-refractivity contribution in [2.45, 2.75) is 13.8 Å². The molecule has 2 aromatic carbocycles. The molecule has 0 aliphatic rings. The molecule has 0 bridgehead atoms. The molecule has 2 aromatic rings. The van der Waals surface area contributed by atoms with Gasteiger partial charge in [0, 0.05) is 11.4 Å². The summed E-state index contributed by atoms with van der Waals surface area (Å²) < 4.78 is 13.0. The molecule has 0 unspecified atom stereocenters. The van der Waals surface area contributed by atoms with Crippen LogP contribution in [0.4, 0.5) is 15.8 Å². The highest BCUT2D eigenvalue weighted by atomic mass is 19.1. The second kappa shape index (κ2) is 4.89. The Hall–Kier alpha value is -2.34. The monoisotopic (exact) mass is 240 g/mol. The summed E-state index contributed by atoms with van der Waals surface area (Å²) in [5, 5.41) is 12.1. The summed E-state index contributed by atoms with van der Waals surface area (Å²) in [6.07, 6.45) is 0. The number of halogens is 1.